The molecule has 0 radical (unpaired) electrons. The van der Waals surface area contributed by atoms with Gasteiger partial charge in [0.15, 0.2) is 0 Å². The van der Waals surface area contributed by atoms with E-state index in [-0.39, 0.29) is 0 Å². The molecule has 0 unspecified atom stereocenters. The number of rotatable bonds is 2. The average molecular weight is 255 g/mol. The van der Waals surface area contributed by atoms with E-state index >= 15 is 0 Å². The van der Waals surface area contributed by atoms with Gasteiger partial charge in [-0.1, -0.05) is 19.1 Å². The van der Waals surface area contributed by atoms with Crippen molar-refractivity contribution >= 4 is 16.6 Å². The Bertz CT molecular complexity index is 632. The second-order valence-corrected chi connectivity index (χ2v) is 5.36. The van der Waals surface area contributed by atoms with E-state index in [2.05, 4.69) is 31.4 Å². The van der Waals surface area contributed by atoms with Crippen molar-refractivity contribution in [3.8, 4) is 0 Å². The Labute approximate surface area is 114 Å². The minimum atomic E-state index is 0.950. The Hall–Kier alpha value is -1.61. The van der Waals surface area contributed by atoms with Crippen LogP contribution >= 0.6 is 0 Å². The van der Waals surface area contributed by atoms with Gasteiger partial charge in [-0.05, 0) is 55.7 Å². The molecule has 3 rings (SSSR count). The van der Waals surface area contributed by atoms with Gasteiger partial charge in [0, 0.05) is 11.1 Å². The van der Waals surface area contributed by atoms with Crippen LogP contribution in [-0.4, -0.2) is 4.98 Å². The van der Waals surface area contributed by atoms with Crippen LogP contribution < -0.4 is 11.3 Å². The summed E-state index contributed by atoms with van der Waals surface area (Å²) in [6.07, 6.45) is 5.85. The van der Waals surface area contributed by atoms with Crippen molar-refractivity contribution in [2.45, 2.75) is 46.0 Å². The molecule has 0 bridgehead atoms. The third-order valence-electron chi connectivity index (χ3n) is 4.29. The summed E-state index contributed by atoms with van der Waals surface area (Å²) in [6.45, 7) is 4.23. The zero-order valence-electron chi connectivity index (χ0n) is 11.7. The molecular weight excluding hydrogens is 234 g/mol. The fourth-order valence-corrected chi connectivity index (χ4v) is 3.31. The number of pyridine rings is 1. The lowest BCUT2D eigenvalue weighted by Gasteiger charge is -2.20. The fraction of sp³-hybridized carbons (Fsp3) is 0.438. The molecule has 19 heavy (non-hydrogen) atoms. The predicted molar refractivity (Wildman–Crippen MR) is 80.3 cm³/mol. The molecule has 0 fully saturated rings. The number of nitrogens with two attached hydrogens (primary N) is 1. The van der Waals surface area contributed by atoms with Crippen LogP contribution in [0.2, 0.25) is 0 Å². The maximum atomic E-state index is 5.76. The van der Waals surface area contributed by atoms with E-state index in [4.69, 9.17) is 10.8 Å². The number of nitrogens with one attached hydrogen (secondary N) is 1. The van der Waals surface area contributed by atoms with E-state index < -0.39 is 0 Å². The summed E-state index contributed by atoms with van der Waals surface area (Å²) in [5.74, 6) is 5.76. The molecule has 2 aromatic rings. The molecule has 1 aromatic heterocycles. The normalized spacial score (nSPS) is 14.5. The highest BCUT2D eigenvalue weighted by atomic mass is 15.2. The van der Waals surface area contributed by atoms with Crippen LogP contribution in [0.25, 0.3) is 10.9 Å². The third-order valence-corrected chi connectivity index (χ3v) is 4.29. The molecular formula is C16H21N3. The van der Waals surface area contributed by atoms with Crippen molar-refractivity contribution in [1.29, 1.82) is 0 Å². The first-order valence-corrected chi connectivity index (χ1v) is 7.16. The quantitative estimate of drug-likeness (QED) is 0.639. The first kappa shape index (κ1) is 12.4. The van der Waals surface area contributed by atoms with Crippen molar-refractivity contribution in [3.63, 3.8) is 0 Å². The van der Waals surface area contributed by atoms with Gasteiger partial charge in [0.25, 0.3) is 0 Å². The summed E-state index contributed by atoms with van der Waals surface area (Å²) in [5.41, 5.74) is 10.3. The molecule has 0 spiro atoms. The Morgan fingerprint density at radius 3 is 2.79 bits per heavy atom. The van der Waals surface area contributed by atoms with E-state index in [1.54, 1.807) is 0 Å². The first-order chi connectivity index (χ1) is 9.26. The fourth-order valence-electron chi connectivity index (χ4n) is 3.31. The molecule has 100 valence electrons. The number of hydrazine groups is 1. The number of fused-ring (bicyclic) bond motifs is 3. The number of nitrogen functional groups attached to an aromatic ring is 1. The van der Waals surface area contributed by atoms with Crippen LogP contribution in [0.4, 0.5) is 5.69 Å². The van der Waals surface area contributed by atoms with Gasteiger partial charge in [0.05, 0.1) is 11.2 Å². The molecule has 3 nitrogen and oxygen atoms in total. The maximum Gasteiger partial charge on any atom is 0.0761 e. The van der Waals surface area contributed by atoms with Gasteiger partial charge in [-0.3, -0.25) is 10.8 Å². The number of nitrogens with zero attached hydrogens (tertiary/aromatic N) is 1. The number of anilines is 1. The van der Waals surface area contributed by atoms with Gasteiger partial charge in [0.1, 0.15) is 0 Å². The number of hydrogen-bond acceptors (Lipinski definition) is 3. The molecule has 0 saturated heterocycles. The predicted octanol–water partition coefficient (Wildman–Crippen LogP) is 3.27. The molecule has 1 aromatic carbocycles. The van der Waals surface area contributed by atoms with E-state index in [9.17, 15) is 0 Å². The number of aromatic nitrogens is 1. The van der Waals surface area contributed by atoms with E-state index in [0.717, 1.165) is 29.7 Å². The molecule has 0 amide bonds. The van der Waals surface area contributed by atoms with Crippen LogP contribution in [0.3, 0.4) is 0 Å². The average Bonchev–Trinajstić information content (AvgIpc) is 2.45. The van der Waals surface area contributed by atoms with Crippen molar-refractivity contribution in [1.82, 2.24) is 4.98 Å². The summed E-state index contributed by atoms with van der Waals surface area (Å²) in [4.78, 5) is 4.87. The highest BCUT2D eigenvalue weighted by Gasteiger charge is 2.17. The third kappa shape index (κ3) is 1.89. The SMILES string of the molecule is CCc1c(C)nc2c3c(ccc2c1NN)CCCC3. The Morgan fingerprint density at radius 1 is 1.26 bits per heavy atom. The molecule has 1 aliphatic rings. The Balaban J connectivity index is 2.36. The van der Waals surface area contributed by atoms with E-state index in [0.29, 0.717) is 0 Å². The number of benzene rings is 1. The summed E-state index contributed by atoms with van der Waals surface area (Å²) < 4.78 is 0. The van der Waals surface area contributed by atoms with Crippen molar-refractivity contribution < 1.29 is 0 Å². The van der Waals surface area contributed by atoms with Gasteiger partial charge in [-0.2, -0.15) is 0 Å². The molecule has 1 aliphatic carbocycles. The summed E-state index contributed by atoms with van der Waals surface area (Å²) >= 11 is 0. The molecule has 0 saturated carbocycles. The summed E-state index contributed by atoms with van der Waals surface area (Å²) in [5, 5.41) is 1.17. The summed E-state index contributed by atoms with van der Waals surface area (Å²) in [7, 11) is 0. The van der Waals surface area contributed by atoms with E-state index in [1.807, 2.05) is 0 Å². The van der Waals surface area contributed by atoms with Crippen LogP contribution in [-0.2, 0) is 19.3 Å². The van der Waals surface area contributed by atoms with Crippen LogP contribution in [0, 0.1) is 6.92 Å². The lowest BCUT2D eigenvalue weighted by Crippen LogP contribution is -2.13. The number of hydrogen-bond donors (Lipinski definition) is 2. The molecule has 0 atom stereocenters. The summed E-state index contributed by atoms with van der Waals surface area (Å²) in [6, 6.07) is 4.44. The van der Waals surface area contributed by atoms with Crippen LogP contribution in [0.15, 0.2) is 12.1 Å². The topological polar surface area (TPSA) is 50.9 Å². The van der Waals surface area contributed by atoms with Gasteiger partial charge < -0.3 is 5.43 Å². The molecule has 1 heterocycles. The Morgan fingerprint density at radius 2 is 2.05 bits per heavy atom. The highest BCUT2D eigenvalue weighted by molar-refractivity contribution is 5.95. The lowest BCUT2D eigenvalue weighted by atomic mass is 9.88. The minimum absolute atomic E-state index is 0.950. The molecule has 0 aliphatic heterocycles. The highest BCUT2D eigenvalue weighted by Crippen LogP contribution is 2.34. The van der Waals surface area contributed by atoms with Gasteiger partial charge in [-0.15, -0.1) is 0 Å². The van der Waals surface area contributed by atoms with Crippen LogP contribution in [0.5, 0.6) is 0 Å². The maximum absolute atomic E-state index is 5.76. The van der Waals surface area contributed by atoms with Crippen molar-refractivity contribution in [2.75, 3.05) is 5.43 Å². The Kier molecular flexibility index (Phi) is 3.15. The minimum Gasteiger partial charge on any atom is -0.323 e. The zero-order chi connectivity index (χ0) is 13.4. The van der Waals surface area contributed by atoms with Gasteiger partial charge >= 0.3 is 0 Å². The van der Waals surface area contributed by atoms with E-state index in [1.165, 1.54) is 41.3 Å². The van der Waals surface area contributed by atoms with Crippen molar-refractivity contribution in [3.05, 3.63) is 34.5 Å². The standard InChI is InChI=1S/C16H21N3/c1-3-12-10(2)18-15-13-7-5-4-6-11(13)8-9-14(15)16(12)19-17/h8-9H,3-7,17H2,1-2H3,(H,18,19). The second kappa shape index (κ2) is 4.82. The van der Waals surface area contributed by atoms with Gasteiger partial charge in [-0.25, -0.2) is 0 Å². The number of aryl methyl sites for hydroxylation is 3. The monoisotopic (exact) mass is 255 g/mol. The first-order valence-electron chi connectivity index (χ1n) is 7.16. The van der Waals surface area contributed by atoms with Crippen molar-refractivity contribution in [2.24, 2.45) is 5.84 Å². The second-order valence-electron chi connectivity index (χ2n) is 5.36. The van der Waals surface area contributed by atoms with Gasteiger partial charge in [0.2, 0.25) is 0 Å². The smallest absolute Gasteiger partial charge is 0.0761 e. The van der Waals surface area contributed by atoms with Crippen LogP contribution in [0.1, 0.15) is 42.1 Å². The zero-order valence-corrected chi connectivity index (χ0v) is 11.7. The lowest BCUT2D eigenvalue weighted by molar-refractivity contribution is 0.689. The molecule has 3 N–H and O–H groups in total. The largest absolute Gasteiger partial charge is 0.323 e. The molecule has 3 heteroatoms.